The fraction of sp³-hybridized carbons (Fsp3) is 0. The van der Waals surface area contributed by atoms with Crippen LogP contribution in [0.4, 0.5) is 0 Å². The van der Waals surface area contributed by atoms with Gasteiger partial charge in [-0.05, 0) is 12.1 Å². The van der Waals surface area contributed by atoms with E-state index in [4.69, 9.17) is 5.10 Å². The average Bonchev–Trinajstić information content (AvgIpc) is 3.38. The summed E-state index contributed by atoms with van der Waals surface area (Å²) in [5, 5.41) is 5.21. The Bertz CT molecular complexity index is 1290. The van der Waals surface area contributed by atoms with Crippen molar-refractivity contribution in [3.63, 3.8) is 0 Å². The highest BCUT2D eigenvalue weighted by molar-refractivity contribution is 6.95. The largest absolute Gasteiger partial charge is 0.450 e. The first-order valence-electron chi connectivity index (χ1n) is 10.3. The zero-order valence-corrected chi connectivity index (χ0v) is 16.5. The van der Waals surface area contributed by atoms with Crippen LogP contribution in [0.2, 0.25) is 0 Å². The fourth-order valence-corrected chi connectivity index (χ4v) is 4.98. The summed E-state index contributed by atoms with van der Waals surface area (Å²) in [6.45, 7) is 0. The number of rotatable bonds is 3. The van der Waals surface area contributed by atoms with Crippen molar-refractivity contribution >= 4 is 17.3 Å². The summed E-state index contributed by atoms with van der Waals surface area (Å²) >= 11 is 0. The Kier molecular flexibility index (Phi) is 3.72. The van der Waals surface area contributed by atoms with Crippen molar-refractivity contribution in [3.05, 3.63) is 121 Å². The monoisotopic (exact) mass is 385 g/mol. The van der Waals surface area contributed by atoms with E-state index in [0.29, 0.717) is 0 Å². The van der Waals surface area contributed by atoms with Crippen molar-refractivity contribution in [2.24, 2.45) is 0 Å². The van der Waals surface area contributed by atoms with E-state index in [2.05, 4.69) is 124 Å². The highest BCUT2D eigenvalue weighted by Crippen LogP contribution is 2.30. The molecule has 0 saturated carbocycles. The fourth-order valence-electron chi connectivity index (χ4n) is 4.98. The van der Waals surface area contributed by atoms with Crippen molar-refractivity contribution in [3.8, 4) is 22.6 Å². The lowest BCUT2D eigenvalue weighted by atomic mass is 9.37. The molecule has 1 aliphatic heterocycles. The third-order valence-electron chi connectivity index (χ3n) is 6.24. The third-order valence-corrected chi connectivity index (χ3v) is 6.24. The molecule has 3 nitrogen and oxygen atoms in total. The zero-order chi connectivity index (χ0) is 20.0. The molecule has 3 heterocycles. The third kappa shape index (κ3) is 2.28. The number of pyridine rings is 1. The molecule has 0 aliphatic carbocycles. The van der Waals surface area contributed by atoms with Gasteiger partial charge in [-0.25, -0.2) is 5.10 Å². The normalized spacial score (nSPS) is 13.6. The molecule has 0 N–H and O–H groups in total. The molecule has 142 valence electrons. The molecule has 0 amide bonds. The van der Waals surface area contributed by atoms with Crippen LogP contribution >= 0.6 is 0 Å². The molecule has 0 atom stereocenters. The van der Waals surface area contributed by atoms with Crippen molar-refractivity contribution in [2.45, 2.75) is 0 Å². The van der Waals surface area contributed by atoms with Gasteiger partial charge in [-0.15, -0.1) is 10.9 Å². The maximum Gasteiger partial charge on any atom is 0.450 e. The molecule has 0 unspecified atom stereocenters. The molecule has 0 bridgehead atoms. The van der Waals surface area contributed by atoms with Crippen LogP contribution in [-0.4, -0.2) is 16.1 Å². The first-order valence-corrected chi connectivity index (χ1v) is 10.3. The lowest BCUT2D eigenvalue weighted by Gasteiger charge is -2.32. The van der Waals surface area contributed by atoms with E-state index in [9.17, 15) is 0 Å². The molecule has 1 aliphatic rings. The van der Waals surface area contributed by atoms with E-state index >= 15 is 0 Å². The summed E-state index contributed by atoms with van der Waals surface area (Å²) in [5.74, 6) is 0. The van der Waals surface area contributed by atoms with Crippen molar-refractivity contribution < 1.29 is 4.48 Å². The molecule has 0 spiro atoms. The number of nitrogens with zero attached hydrogens (tertiary/aromatic N) is 3. The van der Waals surface area contributed by atoms with Gasteiger partial charge in [0.05, 0.1) is 11.4 Å². The van der Waals surface area contributed by atoms with Crippen LogP contribution in [0, 0.1) is 0 Å². The quantitative estimate of drug-likeness (QED) is 0.428. The lowest BCUT2D eigenvalue weighted by Crippen LogP contribution is -2.81. The Labute approximate surface area is 175 Å². The van der Waals surface area contributed by atoms with Gasteiger partial charge in [0.25, 0.3) is 0 Å². The number of benzene rings is 3. The van der Waals surface area contributed by atoms with E-state index in [1.54, 1.807) is 0 Å². The summed E-state index contributed by atoms with van der Waals surface area (Å²) in [4.78, 5) is 0. The second-order valence-corrected chi connectivity index (χ2v) is 7.82. The molecule has 2 aromatic heterocycles. The summed E-state index contributed by atoms with van der Waals surface area (Å²) in [5.41, 5.74) is 6.93. The van der Waals surface area contributed by atoms with Crippen molar-refractivity contribution in [1.82, 2.24) is 9.69 Å². The van der Waals surface area contributed by atoms with E-state index in [1.165, 1.54) is 16.6 Å². The van der Waals surface area contributed by atoms with Gasteiger partial charge < -0.3 is 9.07 Å². The minimum atomic E-state index is -1.50. The number of fused-ring (bicyclic) bond motifs is 3. The molecule has 30 heavy (non-hydrogen) atoms. The van der Waals surface area contributed by atoms with Crippen molar-refractivity contribution in [1.29, 1.82) is 0 Å². The second-order valence-electron chi connectivity index (χ2n) is 7.82. The summed E-state index contributed by atoms with van der Waals surface area (Å²) < 4.78 is 4.66. The SMILES string of the molecule is c1ccc(-c2cc3n(n2)[B-](c2ccccc2)(c2ccccc2)[n+]2ccccc2-3)cc1. The van der Waals surface area contributed by atoms with E-state index in [0.717, 1.165) is 17.0 Å². The molecule has 0 fully saturated rings. The first kappa shape index (κ1) is 17.0. The maximum absolute atomic E-state index is 5.21. The molecule has 4 heteroatoms. The Morgan fingerprint density at radius 3 is 1.83 bits per heavy atom. The minimum Gasteiger partial charge on any atom is -0.390 e. The Morgan fingerprint density at radius 2 is 1.20 bits per heavy atom. The Hall–Kier alpha value is -3.92. The van der Waals surface area contributed by atoms with Crippen LogP contribution in [0.15, 0.2) is 121 Å². The smallest absolute Gasteiger partial charge is 0.390 e. The van der Waals surface area contributed by atoms with Crippen LogP contribution in [0.25, 0.3) is 22.6 Å². The molecule has 3 aromatic carbocycles. The predicted molar refractivity (Wildman–Crippen MR) is 122 cm³/mol. The Morgan fingerprint density at radius 1 is 0.633 bits per heavy atom. The van der Waals surface area contributed by atoms with E-state index in [1.807, 2.05) is 6.07 Å². The van der Waals surface area contributed by atoms with Crippen LogP contribution < -0.4 is 15.4 Å². The number of aromatic nitrogens is 3. The van der Waals surface area contributed by atoms with Gasteiger partial charge in [-0.2, -0.15) is 0 Å². The van der Waals surface area contributed by atoms with E-state index in [-0.39, 0.29) is 0 Å². The minimum absolute atomic E-state index is 0.999. The van der Waals surface area contributed by atoms with Gasteiger partial charge in [-0.3, -0.25) is 0 Å². The van der Waals surface area contributed by atoms with E-state index < -0.39 is 6.42 Å². The van der Waals surface area contributed by atoms with Crippen LogP contribution in [-0.2, 0) is 0 Å². The average molecular weight is 385 g/mol. The van der Waals surface area contributed by atoms with Crippen LogP contribution in [0.1, 0.15) is 0 Å². The molecule has 0 radical (unpaired) electrons. The van der Waals surface area contributed by atoms with Crippen LogP contribution in [0.3, 0.4) is 0 Å². The first-order chi connectivity index (χ1) is 14.9. The van der Waals surface area contributed by atoms with Gasteiger partial charge in [0, 0.05) is 11.6 Å². The molecule has 0 saturated heterocycles. The highest BCUT2D eigenvalue weighted by atomic mass is 15.3. The maximum atomic E-state index is 5.21. The van der Waals surface area contributed by atoms with Gasteiger partial charge in [0.2, 0.25) is 0 Å². The van der Waals surface area contributed by atoms with Gasteiger partial charge in [0.15, 0.2) is 5.69 Å². The predicted octanol–water partition coefficient (Wildman–Crippen LogP) is 3.47. The standard InChI is InChI=1S/C26H20BN3/c1-4-12-21(13-5-1)24-20-26-25-18-10-11-19-29(25)27(30(26)28-24,22-14-6-2-7-15-22)23-16-8-3-9-17-23/h1-20H. The molecule has 6 rings (SSSR count). The highest BCUT2D eigenvalue weighted by Gasteiger charge is 2.51. The lowest BCUT2D eigenvalue weighted by molar-refractivity contribution is -0.527. The van der Waals surface area contributed by atoms with Crippen LogP contribution in [0.5, 0.6) is 0 Å². The molecular formula is C26H20BN3. The topological polar surface area (TPSA) is 21.7 Å². The van der Waals surface area contributed by atoms with Gasteiger partial charge in [0.1, 0.15) is 6.20 Å². The van der Waals surface area contributed by atoms with Crippen molar-refractivity contribution in [2.75, 3.05) is 0 Å². The summed E-state index contributed by atoms with van der Waals surface area (Å²) in [6.07, 6.45) is 0.690. The molecule has 5 aromatic rings. The molecular weight excluding hydrogens is 365 g/mol. The van der Waals surface area contributed by atoms with Gasteiger partial charge in [-0.1, -0.05) is 97.1 Å². The zero-order valence-electron chi connectivity index (χ0n) is 16.5. The van der Waals surface area contributed by atoms with Gasteiger partial charge >= 0.3 is 6.42 Å². The summed E-state index contributed by atoms with van der Waals surface area (Å²) in [7, 11) is 0. The number of hydrogen-bond acceptors (Lipinski definition) is 1. The Balaban J connectivity index is 1.73. The summed E-state index contributed by atoms with van der Waals surface area (Å²) in [6, 6.07) is 40.5. The second kappa shape index (κ2) is 6.56. The number of hydrogen-bond donors (Lipinski definition) is 0.